The Balaban J connectivity index is 0.000000423. The van der Waals surface area contributed by atoms with E-state index in [2.05, 4.69) is 19.9 Å². The highest BCUT2D eigenvalue weighted by Crippen LogP contribution is 2.22. The van der Waals surface area contributed by atoms with E-state index in [-0.39, 0.29) is 27.2 Å². The Morgan fingerprint density at radius 2 is 1.65 bits per heavy atom. The fraction of sp³-hybridized carbons (Fsp3) is 0.263. The highest BCUT2D eigenvalue weighted by molar-refractivity contribution is 7.10. The average molecular weight is 456 g/mol. The molecule has 0 amide bonds. The van der Waals surface area contributed by atoms with E-state index in [0.717, 1.165) is 10.6 Å². The summed E-state index contributed by atoms with van der Waals surface area (Å²) in [5.74, 6) is -2.76. The first-order valence-corrected chi connectivity index (χ1v) is 9.60. The second-order valence-corrected chi connectivity index (χ2v) is 8.23. The minimum absolute atomic E-state index is 0.151. The average Bonchev–Trinajstić information content (AvgIpc) is 3.30. The van der Waals surface area contributed by atoms with Crippen molar-refractivity contribution in [3.05, 3.63) is 71.5 Å². The highest BCUT2D eigenvalue weighted by Gasteiger charge is 2.38. The number of hydrogen-bond acceptors (Lipinski definition) is 5. The molecular formula is C19H19F3N4O4S. The van der Waals surface area contributed by atoms with E-state index in [1.54, 1.807) is 18.5 Å². The molecule has 3 aromatic heterocycles. The Bertz CT molecular complexity index is 1280. The van der Waals surface area contributed by atoms with Crippen LogP contribution in [0, 0.1) is 0 Å². The van der Waals surface area contributed by atoms with Crippen molar-refractivity contribution in [2.75, 3.05) is 0 Å². The molecule has 166 valence electrons. The van der Waals surface area contributed by atoms with E-state index >= 15 is 0 Å². The minimum Gasteiger partial charge on any atom is -0.475 e. The van der Waals surface area contributed by atoms with Crippen molar-refractivity contribution in [3.63, 3.8) is 0 Å². The Morgan fingerprint density at radius 3 is 2.10 bits per heavy atom. The maximum atomic E-state index is 12.3. The second kappa shape index (κ2) is 9.16. The minimum atomic E-state index is -5.08. The van der Waals surface area contributed by atoms with E-state index < -0.39 is 12.1 Å². The number of alkyl halides is 3. The molecular weight excluding hydrogens is 437 g/mol. The van der Waals surface area contributed by atoms with Gasteiger partial charge in [-0.05, 0) is 23.6 Å². The number of nitrogens with one attached hydrogen (secondary N) is 3. The van der Waals surface area contributed by atoms with Crippen molar-refractivity contribution in [2.45, 2.75) is 32.4 Å². The van der Waals surface area contributed by atoms with Gasteiger partial charge in [0.2, 0.25) is 0 Å². The maximum Gasteiger partial charge on any atom is 0.490 e. The van der Waals surface area contributed by atoms with Crippen molar-refractivity contribution in [3.8, 4) is 0 Å². The topological polar surface area (TPSA) is 132 Å². The Labute approximate surface area is 176 Å². The SMILES string of the molecule is CC(C)(C)c1[nH]cnc1/C=c1\[nH]c(=O)/c(=C/c2cccs2)[nH]c1=O.O=C(O)C(F)(F)F. The summed E-state index contributed by atoms with van der Waals surface area (Å²) in [5.41, 5.74) is 0.681. The number of thiophene rings is 1. The number of carboxylic acid groups (broad SMARTS) is 1. The van der Waals surface area contributed by atoms with Crippen LogP contribution in [0.1, 0.15) is 37.0 Å². The molecule has 0 saturated carbocycles. The van der Waals surface area contributed by atoms with Gasteiger partial charge in [-0.15, -0.1) is 11.3 Å². The molecule has 4 N–H and O–H groups in total. The largest absolute Gasteiger partial charge is 0.490 e. The molecule has 0 aliphatic heterocycles. The monoisotopic (exact) mass is 456 g/mol. The van der Waals surface area contributed by atoms with Crippen LogP contribution in [0.25, 0.3) is 12.2 Å². The van der Waals surface area contributed by atoms with Crippen LogP contribution in [0.15, 0.2) is 33.4 Å². The predicted octanol–water partition coefficient (Wildman–Crippen LogP) is 1.44. The molecule has 8 nitrogen and oxygen atoms in total. The molecule has 3 rings (SSSR count). The van der Waals surface area contributed by atoms with E-state index in [4.69, 9.17) is 9.90 Å². The van der Waals surface area contributed by atoms with Crippen LogP contribution in [0.3, 0.4) is 0 Å². The van der Waals surface area contributed by atoms with Gasteiger partial charge in [0, 0.05) is 16.0 Å². The van der Waals surface area contributed by atoms with Crippen molar-refractivity contribution in [1.29, 1.82) is 0 Å². The number of nitrogens with zero attached hydrogens (tertiary/aromatic N) is 1. The predicted molar refractivity (Wildman–Crippen MR) is 109 cm³/mol. The van der Waals surface area contributed by atoms with Gasteiger partial charge in [0.05, 0.1) is 12.0 Å². The number of carboxylic acids is 1. The number of rotatable bonds is 2. The summed E-state index contributed by atoms with van der Waals surface area (Å²) in [6, 6.07) is 3.76. The molecule has 3 heterocycles. The van der Waals surface area contributed by atoms with Crippen LogP contribution in [0.5, 0.6) is 0 Å². The summed E-state index contributed by atoms with van der Waals surface area (Å²) < 4.78 is 31.7. The molecule has 0 aliphatic rings. The van der Waals surface area contributed by atoms with Crippen molar-refractivity contribution < 1.29 is 23.1 Å². The van der Waals surface area contributed by atoms with E-state index in [0.29, 0.717) is 5.69 Å². The van der Waals surface area contributed by atoms with Crippen molar-refractivity contribution >= 4 is 29.5 Å². The van der Waals surface area contributed by atoms with Gasteiger partial charge in [-0.25, -0.2) is 9.78 Å². The Morgan fingerprint density at radius 1 is 1.10 bits per heavy atom. The van der Waals surface area contributed by atoms with Gasteiger partial charge in [-0.1, -0.05) is 26.8 Å². The van der Waals surface area contributed by atoms with Crippen LogP contribution in [-0.4, -0.2) is 37.2 Å². The number of aromatic amines is 3. The first-order valence-electron chi connectivity index (χ1n) is 8.72. The summed E-state index contributed by atoms with van der Waals surface area (Å²) in [6.07, 6.45) is -0.256. The van der Waals surface area contributed by atoms with Crippen LogP contribution in [0.4, 0.5) is 13.2 Å². The van der Waals surface area contributed by atoms with Gasteiger partial charge in [0.15, 0.2) is 0 Å². The third kappa shape index (κ3) is 6.54. The molecule has 0 saturated heterocycles. The van der Waals surface area contributed by atoms with Crippen molar-refractivity contribution in [2.24, 2.45) is 0 Å². The summed E-state index contributed by atoms with van der Waals surface area (Å²) >= 11 is 1.49. The van der Waals surface area contributed by atoms with Crippen molar-refractivity contribution in [1.82, 2.24) is 19.9 Å². The number of halogens is 3. The first kappa shape index (κ1) is 23.9. The number of imidazole rings is 1. The lowest BCUT2D eigenvalue weighted by Gasteiger charge is -2.16. The molecule has 12 heteroatoms. The normalized spacial score (nSPS) is 13.1. The molecule has 0 radical (unpaired) electrons. The number of H-pyrrole nitrogens is 3. The van der Waals surface area contributed by atoms with Gasteiger partial charge in [0.25, 0.3) is 11.1 Å². The molecule has 0 atom stereocenters. The van der Waals surface area contributed by atoms with Gasteiger partial charge < -0.3 is 20.1 Å². The highest BCUT2D eigenvalue weighted by atomic mass is 32.1. The second-order valence-electron chi connectivity index (χ2n) is 7.26. The molecule has 0 unspecified atom stereocenters. The third-order valence-electron chi connectivity index (χ3n) is 3.76. The summed E-state index contributed by atoms with van der Waals surface area (Å²) in [7, 11) is 0. The third-order valence-corrected chi connectivity index (χ3v) is 4.58. The summed E-state index contributed by atoms with van der Waals surface area (Å²) in [6.45, 7) is 6.14. The quantitative estimate of drug-likeness (QED) is 0.463. The lowest BCUT2D eigenvalue weighted by molar-refractivity contribution is -0.192. The first-order chi connectivity index (χ1) is 14.3. The lowest BCUT2D eigenvalue weighted by atomic mass is 9.90. The van der Waals surface area contributed by atoms with Gasteiger partial charge in [-0.3, -0.25) is 9.59 Å². The molecule has 0 aromatic carbocycles. The maximum absolute atomic E-state index is 12.3. The fourth-order valence-corrected chi connectivity index (χ4v) is 3.02. The molecule has 31 heavy (non-hydrogen) atoms. The van der Waals surface area contributed by atoms with Gasteiger partial charge in [-0.2, -0.15) is 13.2 Å². The fourth-order valence-electron chi connectivity index (χ4n) is 2.36. The van der Waals surface area contributed by atoms with Crippen LogP contribution in [0.2, 0.25) is 0 Å². The Hall–Kier alpha value is -3.41. The molecule has 0 bridgehead atoms. The van der Waals surface area contributed by atoms with Crippen LogP contribution >= 0.6 is 11.3 Å². The van der Waals surface area contributed by atoms with E-state index in [9.17, 15) is 22.8 Å². The smallest absolute Gasteiger partial charge is 0.475 e. The summed E-state index contributed by atoms with van der Waals surface area (Å²) in [4.78, 5) is 46.9. The molecule has 0 fully saturated rings. The van der Waals surface area contributed by atoms with E-state index in [1.807, 2.05) is 38.3 Å². The molecule has 0 aliphatic carbocycles. The standard InChI is InChI=1S/C17H18N4O2S.C2HF3O2/c1-17(2,3)14-11(18-9-19-14)8-13-16(23)20-12(15(22)21-13)7-10-5-4-6-24-10;3-2(4,5)1(6)7/h4-9H,1-3H3,(H,18,19)(H,20,23)(H,21,22);(H,6,7)/b12-7-,13-8-;. The molecule has 3 aromatic rings. The molecule has 0 spiro atoms. The van der Waals surface area contributed by atoms with Crippen LogP contribution in [-0.2, 0) is 10.2 Å². The zero-order valence-electron chi connectivity index (χ0n) is 16.6. The van der Waals surface area contributed by atoms with Gasteiger partial charge >= 0.3 is 12.1 Å². The Kier molecular flexibility index (Phi) is 7.05. The summed E-state index contributed by atoms with van der Waals surface area (Å²) in [5, 5.41) is 9.45. The zero-order valence-corrected chi connectivity index (χ0v) is 17.4. The van der Waals surface area contributed by atoms with E-state index in [1.165, 1.54) is 11.3 Å². The zero-order chi connectivity index (χ0) is 23.4. The number of aromatic nitrogens is 4. The number of aliphatic carboxylic acids is 1. The lowest BCUT2D eigenvalue weighted by Crippen LogP contribution is -2.46. The number of hydrogen-bond donors (Lipinski definition) is 4. The van der Waals surface area contributed by atoms with Gasteiger partial charge in [0.1, 0.15) is 10.7 Å². The number of carbonyl (C=O) groups is 1. The van der Waals surface area contributed by atoms with Crippen LogP contribution < -0.4 is 21.8 Å².